The molecule has 2 heterocycles. The fraction of sp³-hybridized carbons (Fsp3) is 0.750. The summed E-state index contributed by atoms with van der Waals surface area (Å²) in [4.78, 5) is 2.49. The molecule has 2 N–H and O–H groups in total. The maximum atomic E-state index is 11.2. The molecular weight excluding hydrogens is 375 g/mol. The predicted molar refractivity (Wildman–Crippen MR) is 104 cm³/mol. The zero-order valence-electron chi connectivity index (χ0n) is 13.3. The Morgan fingerprint density at radius 2 is 1.87 bits per heavy atom. The number of aliphatic hydroxyl groups is 1. The summed E-state index contributed by atoms with van der Waals surface area (Å²) in [7, 11) is 0. The molecule has 2 fully saturated rings. The first-order valence-corrected chi connectivity index (χ1v) is 9.32. The third-order valence-electron chi connectivity index (χ3n) is 5.01. The van der Waals surface area contributed by atoms with E-state index in [4.69, 9.17) is 11.6 Å². The molecule has 1 saturated heterocycles. The Bertz CT molecular complexity index is 460. The normalized spacial score (nSPS) is 22.7. The van der Waals surface area contributed by atoms with Crippen molar-refractivity contribution in [2.24, 2.45) is 0 Å². The highest BCUT2D eigenvalue weighted by molar-refractivity contribution is 7.14. The summed E-state index contributed by atoms with van der Waals surface area (Å²) in [6.45, 7) is 5.20. The lowest BCUT2D eigenvalue weighted by atomic mass is 9.73. The van der Waals surface area contributed by atoms with Gasteiger partial charge in [-0.05, 0) is 29.9 Å². The number of piperazine rings is 1. The highest BCUT2D eigenvalue weighted by Crippen LogP contribution is 2.42. The Kier molecular flexibility index (Phi) is 9.17. The van der Waals surface area contributed by atoms with Crippen LogP contribution in [0, 0.1) is 0 Å². The number of nitrogens with zero attached hydrogens (tertiary/aromatic N) is 1. The van der Waals surface area contributed by atoms with Gasteiger partial charge in [-0.15, -0.1) is 36.2 Å². The smallest absolute Gasteiger partial charge is 0.0931 e. The maximum Gasteiger partial charge on any atom is 0.0931 e. The van der Waals surface area contributed by atoms with Gasteiger partial charge in [0.15, 0.2) is 0 Å². The molecule has 0 radical (unpaired) electrons. The van der Waals surface area contributed by atoms with Crippen molar-refractivity contribution in [2.75, 3.05) is 32.7 Å². The number of halogens is 3. The molecule has 0 bridgehead atoms. The Labute approximate surface area is 160 Å². The Morgan fingerprint density at radius 1 is 1.22 bits per heavy atom. The van der Waals surface area contributed by atoms with Gasteiger partial charge < -0.3 is 15.3 Å². The maximum absolute atomic E-state index is 11.2. The van der Waals surface area contributed by atoms with E-state index in [1.54, 1.807) is 11.3 Å². The molecule has 3 nitrogen and oxygen atoms in total. The van der Waals surface area contributed by atoms with Crippen LogP contribution in [0.1, 0.15) is 43.6 Å². The number of thiophene rings is 1. The van der Waals surface area contributed by atoms with Crippen molar-refractivity contribution in [3.8, 4) is 0 Å². The van der Waals surface area contributed by atoms with Crippen LogP contribution in [0.3, 0.4) is 0 Å². The van der Waals surface area contributed by atoms with Crippen molar-refractivity contribution in [3.63, 3.8) is 0 Å². The zero-order chi connectivity index (χ0) is 14.7. The van der Waals surface area contributed by atoms with Crippen LogP contribution in [0.5, 0.6) is 0 Å². The topological polar surface area (TPSA) is 35.5 Å². The van der Waals surface area contributed by atoms with Gasteiger partial charge in [-0.2, -0.15) is 0 Å². The molecule has 134 valence electrons. The lowest BCUT2D eigenvalue weighted by molar-refractivity contribution is -0.0315. The second kappa shape index (κ2) is 9.81. The van der Waals surface area contributed by atoms with Gasteiger partial charge in [0.05, 0.1) is 9.94 Å². The van der Waals surface area contributed by atoms with E-state index in [1.165, 1.54) is 12.0 Å². The molecule has 1 aromatic rings. The first kappa shape index (κ1) is 21.5. The Hall–Kier alpha value is 0.450. The molecule has 1 atom stereocenters. The summed E-state index contributed by atoms with van der Waals surface area (Å²) in [6, 6.07) is 2.06. The molecule has 2 aliphatic rings. The summed E-state index contributed by atoms with van der Waals surface area (Å²) < 4.78 is 0.828. The van der Waals surface area contributed by atoms with Gasteiger partial charge in [0.2, 0.25) is 0 Å². The minimum absolute atomic E-state index is 0. The van der Waals surface area contributed by atoms with E-state index in [1.807, 2.05) is 0 Å². The van der Waals surface area contributed by atoms with Gasteiger partial charge in [-0.1, -0.05) is 30.9 Å². The first-order valence-electron chi connectivity index (χ1n) is 8.07. The van der Waals surface area contributed by atoms with Crippen molar-refractivity contribution in [1.82, 2.24) is 10.2 Å². The third-order valence-corrected chi connectivity index (χ3v) is 6.12. The fourth-order valence-electron chi connectivity index (χ4n) is 3.76. The molecular formula is C16H27Cl3N2OS. The highest BCUT2D eigenvalue weighted by atomic mass is 35.5. The van der Waals surface area contributed by atoms with E-state index in [0.717, 1.165) is 62.7 Å². The molecule has 1 saturated carbocycles. The minimum atomic E-state index is -0.548. The molecule has 1 aliphatic carbocycles. The molecule has 23 heavy (non-hydrogen) atoms. The van der Waals surface area contributed by atoms with E-state index < -0.39 is 5.60 Å². The summed E-state index contributed by atoms with van der Waals surface area (Å²) >= 11 is 7.73. The van der Waals surface area contributed by atoms with Crippen LogP contribution in [0.15, 0.2) is 11.4 Å². The molecule has 0 spiro atoms. The standard InChI is InChI=1S/C16H25ClN2OS.2ClH/c17-15-10-13(12-21-15)14(11-19-8-6-18-7-9-19)16(20)4-2-1-3-5-16;;/h10,12,14,18,20H,1-9,11H2;2*1H. The van der Waals surface area contributed by atoms with Gasteiger partial charge >= 0.3 is 0 Å². The summed E-state index contributed by atoms with van der Waals surface area (Å²) in [6.07, 6.45) is 5.40. The Balaban J connectivity index is 0.00000132. The number of nitrogens with one attached hydrogen (secondary N) is 1. The van der Waals surface area contributed by atoms with Crippen molar-refractivity contribution in [3.05, 3.63) is 21.3 Å². The molecule has 7 heteroatoms. The number of hydrogen-bond donors (Lipinski definition) is 2. The van der Waals surface area contributed by atoms with Crippen molar-refractivity contribution >= 4 is 47.8 Å². The Morgan fingerprint density at radius 3 is 2.43 bits per heavy atom. The average Bonchev–Trinajstić information content (AvgIpc) is 2.93. The van der Waals surface area contributed by atoms with Crippen LogP contribution >= 0.6 is 47.8 Å². The zero-order valence-corrected chi connectivity index (χ0v) is 16.5. The molecule has 1 aromatic heterocycles. The SMILES string of the molecule is Cl.Cl.OC1(C(CN2CCNCC2)c2csc(Cl)c2)CCCCC1. The molecule has 0 amide bonds. The lowest BCUT2D eigenvalue weighted by Crippen LogP contribution is -2.49. The fourth-order valence-corrected chi connectivity index (χ4v) is 4.70. The third kappa shape index (κ3) is 5.46. The van der Waals surface area contributed by atoms with Crippen LogP contribution in [0.4, 0.5) is 0 Å². The predicted octanol–water partition coefficient (Wildman–Crippen LogP) is 3.93. The van der Waals surface area contributed by atoms with Crippen LogP contribution < -0.4 is 5.32 Å². The summed E-state index contributed by atoms with van der Waals surface area (Å²) in [5.74, 6) is 0.194. The molecule has 1 unspecified atom stereocenters. The summed E-state index contributed by atoms with van der Waals surface area (Å²) in [5.41, 5.74) is 0.681. The second-order valence-corrected chi connectivity index (χ2v) is 7.99. The summed E-state index contributed by atoms with van der Waals surface area (Å²) in [5, 5.41) is 16.8. The van der Waals surface area contributed by atoms with E-state index in [-0.39, 0.29) is 30.7 Å². The minimum Gasteiger partial charge on any atom is -0.389 e. The quantitative estimate of drug-likeness (QED) is 0.802. The van der Waals surface area contributed by atoms with Crippen molar-refractivity contribution in [1.29, 1.82) is 0 Å². The van der Waals surface area contributed by atoms with Crippen molar-refractivity contribution < 1.29 is 5.11 Å². The first-order chi connectivity index (χ1) is 10.2. The van der Waals surface area contributed by atoms with E-state index in [0.29, 0.717) is 0 Å². The number of rotatable bonds is 4. The van der Waals surface area contributed by atoms with E-state index >= 15 is 0 Å². The van der Waals surface area contributed by atoms with Gasteiger partial charge in [0.25, 0.3) is 0 Å². The monoisotopic (exact) mass is 400 g/mol. The second-order valence-electron chi connectivity index (χ2n) is 6.45. The van der Waals surface area contributed by atoms with Crippen LogP contribution in [-0.4, -0.2) is 48.3 Å². The average molecular weight is 402 g/mol. The highest BCUT2D eigenvalue weighted by Gasteiger charge is 2.40. The van der Waals surface area contributed by atoms with Gasteiger partial charge in [-0.25, -0.2) is 0 Å². The van der Waals surface area contributed by atoms with Gasteiger partial charge in [0, 0.05) is 38.6 Å². The molecule has 0 aromatic carbocycles. The van der Waals surface area contributed by atoms with Crippen LogP contribution in [0.25, 0.3) is 0 Å². The van der Waals surface area contributed by atoms with E-state index in [9.17, 15) is 5.11 Å². The largest absolute Gasteiger partial charge is 0.389 e. The molecule has 1 aliphatic heterocycles. The lowest BCUT2D eigenvalue weighted by Gasteiger charge is -2.42. The van der Waals surface area contributed by atoms with Gasteiger partial charge in [-0.3, -0.25) is 0 Å². The van der Waals surface area contributed by atoms with E-state index in [2.05, 4.69) is 21.7 Å². The molecule has 3 rings (SSSR count). The van der Waals surface area contributed by atoms with Crippen molar-refractivity contribution in [2.45, 2.75) is 43.6 Å². The van der Waals surface area contributed by atoms with Gasteiger partial charge in [0.1, 0.15) is 0 Å². The van der Waals surface area contributed by atoms with Crippen LogP contribution in [0.2, 0.25) is 4.34 Å². The van der Waals surface area contributed by atoms with Crippen LogP contribution in [-0.2, 0) is 0 Å². The number of hydrogen-bond acceptors (Lipinski definition) is 4.